The van der Waals surface area contributed by atoms with Crippen LogP contribution in [0.5, 0.6) is 0 Å². The highest BCUT2D eigenvalue weighted by Crippen LogP contribution is 2.43. The Morgan fingerprint density at radius 3 is 2.37 bits per heavy atom. The third-order valence-corrected chi connectivity index (χ3v) is 12.5. The number of nitrogens with zero attached hydrogens (tertiary/aromatic N) is 4. The molecule has 2 fully saturated rings. The largest absolute Gasteiger partial charge is 0.383 e. The van der Waals surface area contributed by atoms with Crippen LogP contribution in [0.15, 0.2) is 91.3 Å². The van der Waals surface area contributed by atoms with E-state index in [4.69, 9.17) is 44.5 Å². The summed E-state index contributed by atoms with van der Waals surface area (Å²) < 4.78 is 7.21. The summed E-state index contributed by atoms with van der Waals surface area (Å²) in [6, 6.07) is 26.8. The number of carbonyl (C=O) groups excluding carboxylic acids is 2. The van der Waals surface area contributed by atoms with Crippen LogP contribution in [0.3, 0.4) is 0 Å². The molecule has 3 heterocycles. The van der Waals surface area contributed by atoms with Gasteiger partial charge in [0.25, 0.3) is 11.8 Å². The molecule has 8 rings (SSSR count). The van der Waals surface area contributed by atoms with Crippen molar-refractivity contribution in [1.29, 1.82) is 0 Å². The van der Waals surface area contributed by atoms with E-state index in [9.17, 15) is 4.79 Å². The molecule has 1 aliphatic heterocycles. The standard InChI is InChI=1S/C46H48Cl3N7O3/c1-29(35-16-14-32(47)26-37(35)49)56-28-51-42(30-9-5-3-6-10-30)44(56)41-36-17-15-33(48)27-38(36)52-43(41)46(58)53-39-25-31(45(57)50-19-24-59-2)13-18-40(39)55-22-20-54(21-23-55)34-11-7-4-8-12-34/h3,5-6,9-10,13-18,25-29,34,52H,4,7-8,11-12,19-24H2,1-2H3,(H,50,57)(H,53,58). The number of benzene rings is 4. The number of imidazole rings is 1. The number of hydrogen-bond donors (Lipinski definition) is 3. The minimum atomic E-state index is -0.379. The number of hydrogen-bond acceptors (Lipinski definition) is 6. The molecule has 1 unspecified atom stereocenters. The van der Waals surface area contributed by atoms with E-state index in [2.05, 4.69) is 25.4 Å². The highest BCUT2D eigenvalue weighted by molar-refractivity contribution is 6.35. The molecule has 1 saturated carbocycles. The fourth-order valence-electron chi connectivity index (χ4n) is 8.67. The van der Waals surface area contributed by atoms with Gasteiger partial charge < -0.3 is 29.8 Å². The fraction of sp³-hybridized carbons (Fsp3) is 0.326. The van der Waals surface area contributed by atoms with Crippen LogP contribution in [0.25, 0.3) is 33.4 Å². The minimum absolute atomic E-state index is 0.251. The van der Waals surface area contributed by atoms with Gasteiger partial charge in [0.2, 0.25) is 0 Å². The van der Waals surface area contributed by atoms with Gasteiger partial charge in [-0.25, -0.2) is 4.98 Å². The number of piperazine rings is 1. The first-order valence-electron chi connectivity index (χ1n) is 20.3. The summed E-state index contributed by atoms with van der Waals surface area (Å²) >= 11 is 19.7. The number of carbonyl (C=O) groups is 2. The van der Waals surface area contributed by atoms with E-state index < -0.39 is 0 Å². The van der Waals surface area contributed by atoms with Gasteiger partial charge in [0.1, 0.15) is 5.69 Å². The van der Waals surface area contributed by atoms with E-state index in [1.807, 2.05) is 84.3 Å². The summed E-state index contributed by atoms with van der Waals surface area (Å²) in [4.78, 5) is 41.8. The lowest BCUT2D eigenvalue weighted by atomic mass is 9.94. The number of nitrogens with one attached hydrogen (secondary N) is 3. The van der Waals surface area contributed by atoms with Crippen molar-refractivity contribution >= 4 is 68.9 Å². The zero-order chi connectivity index (χ0) is 41.0. The maximum absolute atomic E-state index is 15.1. The molecule has 4 aromatic carbocycles. The van der Waals surface area contributed by atoms with Crippen molar-refractivity contribution < 1.29 is 14.3 Å². The minimum Gasteiger partial charge on any atom is -0.383 e. The van der Waals surface area contributed by atoms with Crippen molar-refractivity contribution in [3.05, 3.63) is 123 Å². The lowest BCUT2D eigenvalue weighted by Crippen LogP contribution is -2.51. The number of amides is 2. The molecule has 1 saturated heterocycles. The number of aromatic nitrogens is 3. The highest BCUT2D eigenvalue weighted by Gasteiger charge is 2.30. The molecule has 1 atom stereocenters. The number of fused-ring (bicyclic) bond motifs is 1. The molecule has 13 heteroatoms. The lowest BCUT2D eigenvalue weighted by molar-refractivity contribution is 0.0936. The third-order valence-electron chi connectivity index (χ3n) is 11.7. The van der Waals surface area contributed by atoms with Gasteiger partial charge in [-0.05, 0) is 67.8 Å². The van der Waals surface area contributed by atoms with Crippen molar-refractivity contribution in [2.24, 2.45) is 0 Å². The molecular formula is C46H48Cl3N7O3. The topological polar surface area (TPSA) is 108 Å². The van der Waals surface area contributed by atoms with Crippen molar-refractivity contribution in [1.82, 2.24) is 24.8 Å². The van der Waals surface area contributed by atoms with E-state index in [1.165, 1.54) is 32.1 Å². The van der Waals surface area contributed by atoms with E-state index in [0.717, 1.165) is 54.1 Å². The molecule has 3 N–H and O–H groups in total. The molecule has 0 spiro atoms. The van der Waals surface area contributed by atoms with Gasteiger partial charge in [-0.3, -0.25) is 14.5 Å². The van der Waals surface area contributed by atoms with Crippen LogP contribution in [-0.2, 0) is 4.74 Å². The van der Waals surface area contributed by atoms with Crippen LogP contribution in [0.1, 0.15) is 71.5 Å². The van der Waals surface area contributed by atoms with Gasteiger partial charge in [0.15, 0.2) is 0 Å². The quantitative estimate of drug-likeness (QED) is 0.106. The first-order chi connectivity index (χ1) is 28.7. The summed E-state index contributed by atoms with van der Waals surface area (Å²) in [5.74, 6) is -0.631. The Balaban J connectivity index is 1.22. The number of rotatable bonds is 12. The number of aromatic amines is 1. The second-order valence-corrected chi connectivity index (χ2v) is 16.7. The monoisotopic (exact) mass is 851 g/mol. The van der Waals surface area contributed by atoms with E-state index in [0.29, 0.717) is 68.0 Å². The van der Waals surface area contributed by atoms with Crippen LogP contribution in [0.2, 0.25) is 15.1 Å². The average Bonchev–Trinajstić information content (AvgIpc) is 3.86. The number of H-pyrrole nitrogens is 1. The average molecular weight is 853 g/mol. The molecule has 10 nitrogen and oxygen atoms in total. The Morgan fingerprint density at radius 1 is 0.881 bits per heavy atom. The lowest BCUT2D eigenvalue weighted by Gasteiger charge is -2.42. The van der Waals surface area contributed by atoms with Gasteiger partial charge in [-0.1, -0.05) is 96.5 Å². The molecule has 6 aromatic rings. The Bertz CT molecular complexity index is 2450. The maximum atomic E-state index is 15.1. The Hall–Kier alpha value is -4.84. The molecule has 0 bridgehead atoms. The Morgan fingerprint density at radius 2 is 1.63 bits per heavy atom. The Kier molecular flexibility index (Phi) is 12.6. The zero-order valence-electron chi connectivity index (χ0n) is 33.2. The normalized spacial score (nSPS) is 15.7. The molecule has 1 aliphatic carbocycles. The summed E-state index contributed by atoms with van der Waals surface area (Å²) in [5, 5.41) is 8.56. The predicted octanol–water partition coefficient (Wildman–Crippen LogP) is 10.4. The van der Waals surface area contributed by atoms with Gasteiger partial charge in [0, 0.05) is 88.5 Å². The molecule has 2 aromatic heterocycles. The van der Waals surface area contributed by atoms with Gasteiger partial charge in [-0.15, -0.1) is 0 Å². The maximum Gasteiger partial charge on any atom is 0.272 e. The second kappa shape index (κ2) is 18.2. The van der Waals surface area contributed by atoms with Crippen molar-refractivity contribution in [3.63, 3.8) is 0 Å². The van der Waals surface area contributed by atoms with Crippen LogP contribution >= 0.6 is 34.8 Å². The number of methoxy groups -OCH3 is 1. The summed E-state index contributed by atoms with van der Waals surface area (Å²) in [6.07, 6.45) is 8.20. The molecule has 306 valence electrons. The zero-order valence-corrected chi connectivity index (χ0v) is 35.5. The van der Waals surface area contributed by atoms with Crippen molar-refractivity contribution in [2.75, 3.05) is 56.7 Å². The van der Waals surface area contributed by atoms with Crippen LogP contribution in [0, 0.1) is 0 Å². The fourth-order valence-corrected chi connectivity index (χ4v) is 9.40. The number of anilines is 2. The molecule has 2 aliphatic rings. The van der Waals surface area contributed by atoms with Gasteiger partial charge in [0.05, 0.1) is 41.7 Å². The van der Waals surface area contributed by atoms with Crippen molar-refractivity contribution in [3.8, 4) is 22.5 Å². The molecular weight excluding hydrogens is 805 g/mol. The van der Waals surface area contributed by atoms with E-state index >= 15 is 4.79 Å². The van der Waals surface area contributed by atoms with E-state index in [-0.39, 0.29) is 17.9 Å². The van der Waals surface area contributed by atoms with Crippen molar-refractivity contribution in [2.45, 2.75) is 51.1 Å². The van der Waals surface area contributed by atoms with Crippen LogP contribution in [0.4, 0.5) is 11.4 Å². The molecule has 0 radical (unpaired) electrons. The summed E-state index contributed by atoms with van der Waals surface area (Å²) in [7, 11) is 1.60. The first kappa shape index (κ1) is 40.9. The smallest absolute Gasteiger partial charge is 0.272 e. The SMILES string of the molecule is COCCNC(=O)c1ccc(N2CCN(C3CCCCC3)CC2)c(NC(=O)c2[nH]c3cc(Cl)ccc3c2-c2c(-c3ccccc3)ncn2C(C)c2ccc(Cl)cc2Cl)c1. The Labute approximate surface area is 359 Å². The number of halogens is 3. The van der Waals surface area contributed by atoms with E-state index in [1.54, 1.807) is 25.6 Å². The van der Waals surface area contributed by atoms with Gasteiger partial charge in [-0.2, -0.15) is 0 Å². The predicted molar refractivity (Wildman–Crippen MR) is 240 cm³/mol. The summed E-state index contributed by atoms with van der Waals surface area (Å²) in [6.45, 7) is 6.28. The van der Waals surface area contributed by atoms with Gasteiger partial charge >= 0.3 is 0 Å². The number of ether oxygens (including phenoxy) is 1. The molecule has 59 heavy (non-hydrogen) atoms. The van der Waals surface area contributed by atoms with Crippen LogP contribution in [-0.4, -0.2) is 83.7 Å². The summed E-state index contributed by atoms with van der Waals surface area (Å²) in [5.41, 5.74) is 6.63. The highest BCUT2D eigenvalue weighted by atomic mass is 35.5. The first-order valence-corrected chi connectivity index (χ1v) is 21.4. The van der Waals surface area contributed by atoms with Crippen LogP contribution < -0.4 is 15.5 Å². The second-order valence-electron chi connectivity index (χ2n) is 15.4. The third kappa shape index (κ3) is 8.74. The molecule has 2 amide bonds.